The monoisotopic (exact) mass is 326 g/mol. The molecule has 126 valence electrons. The van der Waals surface area contributed by atoms with Crippen molar-refractivity contribution in [2.45, 2.75) is 12.8 Å². The summed E-state index contributed by atoms with van der Waals surface area (Å²) < 4.78 is 11.0. The van der Waals surface area contributed by atoms with Gasteiger partial charge in [0.1, 0.15) is 19.0 Å². The molecule has 5 nitrogen and oxygen atoms in total. The highest BCUT2D eigenvalue weighted by Gasteiger charge is 2.23. The van der Waals surface area contributed by atoms with Crippen molar-refractivity contribution in [2.75, 3.05) is 37.0 Å². The fraction of sp³-hybridized carbons (Fsp3) is 0.316. The van der Waals surface area contributed by atoms with Crippen LogP contribution >= 0.6 is 0 Å². The molecule has 1 amide bonds. The molecular weight excluding hydrogens is 304 g/mol. The fourth-order valence-corrected chi connectivity index (χ4v) is 2.88. The molecule has 2 N–H and O–H groups in total. The zero-order valence-corrected chi connectivity index (χ0v) is 13.6. The van der Waals surface area contributed by atoms with Crippen molar-refractivity contribution in [3.8, 4) is 5.75 Å². The average Bonchev–Trinajstić information content (AvgIpc) is 2.62. The molecule has 5 heteroatoms. The molecule has 0 saturated heterocycles. The summed E-state index contributed by atoms with van der Waals surface area (Å²) in [7, 11) is 0. The van der Waals surface area contributed by atoms with Crippen LogP contribution in [0.15, 0.2) is 48.5 Å². The van der Waals surface area contributed by atoms with Crippen LogP contribution in [-0.4, -0.2) is 32.3 Å². The minimum absolute atomic E-state index is 0.0405. The molecule has 0 saturated carbocycles. The lowest BCUT2D eigenvalue weighted by Gasteiger charge is -2.30. The van der Waals surface area contributed by atoms with Gasteiger partial charge in [0.25, 0.3) is 5.91 Å². The third-order valence-electron chi connectivity index (χ3n) is 4.05. The Morgan fingerprint density at radius 1 is 1.08 bits per heavy atom. The molecule has 0 bridgehead atoms. The van der Waals surface area contributed by atoms with E-state index in [9.17, 15) is 4.79 Å². The molecule has 24 heavy (non-hydrogen) atoms. The average molecular weight is 326 g/mol. The first-order chi connectivity index (χ1) is 11.8. The van der Waals surface area contributed by atoms with Crippen molar-refractivity contribution < 1.29 is 14.3 Å². The first-order valence-corrected chi connectivity index (χ1v) is 8.19. The Morgan fingerprint density at radius 2 is 1.92 bits per heavy atom. The van der Waals surface area contributed by atoms with E-state index in [1.807, 2.05) is 48.5 Å². The van der Waals surface area contributed by atoms with Crippen molar-refractivity contribution >= 4 is 17.3 Å². The number of fused-ring (bicyclic) bond motifs is 1. The molecule has 0 unspecified atom stereocenters. The molecule has 0 aromatic heterocycles. The van der Waals surface area contributed by atoms with E-state index >= 15 is 0 Å². The van der Waals surface area contributed by atoms with E-state index in [4.69, 9.17) is 15.2 Å². The van der Waals surface area contributed by atoms with Crippen LogP contribution in [0.5, 0.6) is 5.75 Å². The highest BCUT2D eigenvalue weighted by Crippen LogP contribution is 2.31. The molecule has 2 aromatic carbocycles. The lowest BCUT2D eigenvalue weighted by atomic mass is 10.00. The second kappa shape index (κ2) is 7.84. The summed E-state index contributed by atoms with van der Waals surface area (Å²) in [6.45, 7) is 1.55. The number of carbonyl (C=O) groups is 1. The Hall–Kier alpha value is -2.53. The third-order valence-corrected chi connectivity index (χ3v) is 4.05. The zero-order chi connectivity index (χ0) is 16.8. The number of anilines is 2. The molecule has 1 heterocycles. The number of rotatable bonds is 6. The summed E-state index contributed by atoms with van der Waals surface area (Å²) in [6.07, 6.45) is 1.83. The first kappa shape index (κ1) is 16.3. The standard InChI is InChI=1S/C19H22N2O3/c20-17-9-4-10-18-16(17)8-5-11-21(18)19(22)14-23-12-13-24-15-6-2-1-3-7-15/h1-4,6-7,9-10H,5,8,11-14,20H2. The van der Waals surface area contributed by atoms with Crippen LogP contribution in [0.1, 0.15) is 12.0 Å². The molecule has 0 aliphatic carbocycles. The number of nitrogen functional groups attached to an aromatic ring is 1. The fourth-order valence-electron chi connectivity index (χ4n) is 2.88. The largest absolute Gasteiger partial charge is 0.491 e. The summed E-state index contributed by atoms with van der Waals surface area (Å²) >= 11 is 0. The van der Waals surface area contributed by atoms with E-state index in [2.05, 4.69) is 0 Å². The quantitative estimate of drug-likeness (QED) is 0.655. The number of carbonyl (C=O) groups excluding carboxylic acids is 1. The molecule has 1 aliphatic rings. The van der Waals surface area contributed by atoms with E-state index in [1.54, 1.807) is 4.90 Å². The molecule has 0 atom stereocenters. The van der Waals surface area contributed by atoms with Crippen molar-refractivity contribution in [1.82, 2.24) is 0 Å². The third kappa shape index (κ3) is 3.86. The maximum atomic E-state index is 12.4. The predicted octanol–water partition coefficient (Wildman–Crippen LogP) is 2.64. The van der Waals surface area contributed by atoms with E-state index in [-0.39, 0.29) is 12.5 Å². The van der Waals surface area contributed by atoms with E-state index in [1.165, 1.54) is 0 Å². The van der Waals surface area contributed by atoms with Crippen LogP contribution in [-0.2, 0) is 16.0 Å². The van der Waals surface area contributed by atoms with Crippen molar-refractivity contribution in [3.05, 3.63) is 54.1 Å². The molecule has 1 aliphatic heterocycles. The van der Waals surface area contributed by atoms with Crippen molar-refractivity contribution in [2.24, 2.45) is 0 Å². The van der Waals surface area contributed by atoms with Gasteiger partial charge >= 0.3 is 0 Å². The van der Waals surface area contributed by atoms with Crippen LogP contribution in [0.2, 0.25) is 0 Å². The van der Waals surface area contributed by atoms with E-state index < -0.39 is 0 Å². The van der Waals surface area contributed by atoms with Gasteiger partial charge in [0, 0.05) is 17.9 Å². The molecule has 0 radical (unpaired) electrons. The molecule has 0 spiro atoms. The summed E-state index contributed by atoms with van der Waals surface area (Å²) in [5.41, 5.74) is 8.74. The van der Waals surface area contributed by atoms with E-state index in [0.29, 0.717) is 19.8 Å². The van der Waals surface area contributed by atoms with Gasteiger partial charge in [-0.1, -0.05) is 24.3 Å². The topological polar surface area (TPSA) is 64.8 Å². The Balaban J connectivity index is 1.47. The van der Waals surface area contributed by atoms with Crippen LogP contribution in [0.3, 0.4) is 0 Å². The van der Waals surface area contributed by atoms with Gasteiger partial charge < -0.3 is 20.1 Å². The number of hydrogen-bond donors (Lipinski definition) is 1. The summed E-state index contributed by atoms with van der Waals surface area (Å²) in [5, 5.41) is 0. The Labute approximate surface area is 142 Å². The van der Waals surface area contributed by atoms with Crippen LogP contribution in [0, 0.1) is 0 Å². The highest BCUT2D eigenvalue weighted by atomic mass is 16.5. The van der Waals surface area contributed by atoms with Crippen molar-refractivity contribution in [1.29, 1.82) is 0 Å². The van der Waals surface area contributed by atoms with Gasteiger partial charge in [-0.15, -0.1) is 0 Å². The number of nitrogens with two attached hydrogens (primary N) is 1. The predicted molar refractivity (Wildman–Crippen MR) is 94.3 cm³/mol. The minimum atomic E-state index is -0.0405. The number of amides is 1. The Morgan fingerprint density at radius 3 is 2.75 bits per heavy atom. The highest BCUT2D eigenvalue weighted by molar-refractivity contribution is 5.96. The van der Waals surface area contributed by atoms with Crippen molar-refractivity contribution in [3.63, 3.8) is 0 Å². The molecule has 0 fully saturated rings. The summed E-state index contributed by atoms with van der Waals surface area (Å²) in [5.74, 6) is 0.758. The zero-order valence-electron chi connectivity index (χ0n) is 13.6. The van der Waals surface area contributed by atoms with Crippen LogP contribution < -0.4 is 15.4 Å². The summed E-state index contributed by atoms with van der Waals surface area (Å²) in [6, 6.07) is 15.3. The second-order valence-corrected chi connectivity index (χ2v) is 5.71. The Kier molecular flexibility index (Phi) is 5.33. The van der Waals surface area contributed by atoms with Crippen LogP contribution in [0.25, 0.3) is 0 Å². The van der Waals surface area contributed by atoms with E-state index in [0.717, 1.165) is 35.5 Å². The molecule has 3 rings (SSSR count). The lowest BCUT2D eigenvalue weighted by Crippen LogP contribution is -2.38. The van der Waals surface area contributed by atoms with Gasteiger partial charge in [0.05, 0.1) is 6.61 Å². The van der Waals surface area contributed by atoms with Crippen LogP contribution in [0.4, 0.5) is 11.4 Å². The number of para-hydroxylation sites is 1. The normalized spacial score (nSPS) is 13.4. The molecular formula is C19H22N2O3. The first-order valence-electron chi connectivity index (χ1n) is 8.19. The number of nitrogens with zero attached hydrogens (tertiary/aromatic N) is 1. The number of benzene rings is 2. The van der Waals surface area contributed by atoms with Gasteiger partial charge in [-0.2, -0.15) is 0 Å². The Bertz CT molecular complexity index is 688. The maximum absolute atomic E-state index is 12.4. The smallest absolute Gasteiger partial charge is 0.252 e. The summed E-state index contributed by atoms with van der Waals surface area (Å²) in [4.78, 5) is 14.2. The van der Waals surface area contributed by atoms with Gasteiger partial charge in [-0.3, -0.25) is 4.79 Å². The van der Waals surface area contributed by atoms with Gasteiger partial charge in [0.2, 0.25) is 0 Å². The second-order valence-electron chi connectivity index (χ2n) is 5.71. The SMILES string of the molecule is Nc1cccc2c1CCCN2C(=O)COCCOc1ccccc1. The number of hydrogen-bond acceptors (Lipinski definition) is 4. The van der Waals surface area contributed by atoms with Gasteiger partial charge in [-0.05, 0) is 42.7 Å². The maximum Gasteiger partial charge on any atom is 0.252 e. The molecule has 2 aromatic rings. The van der Waals surface area contributed by atoms with Gasteiger partial charge in [-0.25, -0.2) is 0 Å². The lowest BCUT2D eigenvalue weighted by molar-refractivity contribution is -0.123. The minimum Gasteiger partial charge on any atom is -0.491 e. The number of ether oxygens (including phenoxy) is 2. The van der Waals surface area contributed by atoms with Gasteiger partial charge in [0.15, 0.2) is 0 Å².